The zero-order valence-electron chi connectivity index (χ0n) is 17.8. The molecule has 156 valence electrons. The fraction of sp³-hybridized carbons (Fsp3) is 0.880. The molecule has 2 rings (SSSR count). The van der Waals surface area contributed by atoms with Crippen molar-refractivity contribution in [2.75, 3.05) is 0 Å². The lowest BCUT2D eigenvalue weighted by Crippen LogP contribution is -2.18. The van der Waals surface area contributed by atoms with Crippen LogP contribution in [-0.4, -0.2) is 11.1 Å². The second-order valence-corrected chi connectivity index (χ2v) is 9.52. The molecule has 27 heavy (non-hydrogen) atoms. The molecule has 2 heteroatoms. The lowest BCUT2D eigenvalue weighted by molar-refractivity contribution is -0.131. The highest BCUT2D eigenvalue weighted by atomic mass is 16.4. The molecule has 0 bridgehead atoms. The Bertz CT molecular complexity index is 412. The van der Waals surface area contributed by atoms with Crippen LogP contribution in [0.2, 0.25) is 0 Å². The van der Waals surface area contributed by atoms with Gasteiger partial charge in [0.15, 0.2) is 0 Å². The minimum Gasteiger partial charge on any atom is -0.478 e. The summed E-state index contributed by atoms with van der Waals surface area (Å²) >= 11 is 0. The van der Waals surface area contributed by atoms with Crippen molar-refractivity contribution in [2.24, 2.45) is 23.7 Å². The van der Waals surface area contributed by atoms with Gasteiger partial charge >= 0.3 is 5.97 Å². The molecule has 2 fully saturated rings. The predicted octanol–water partition coefficient (Wildman–Crippen LogP) is 7.77. The third kappa shape index (κ3) is 9.81. The van der Waals surface area contributed by atoms with Crippen LogP contribution < -0.4 is 0 Å². The largest absolute Gasteiger partial charge is 0.478 e. The molecule has 0 aromatic carbocycles. The first kappa shape index (κ1) is 22.5. The summed E-state index contributed by atoms with van der Waals surface area (Å²) in [4.78, 5) is 10.4. The van der Waals surface area contributed by atoms with Gasteiger partial charge in [0.25, 0.3) is 0 Å². The average Bonchev–Trinajstić information content (AvgIpc) is 2.68. The third-order valence-electron chi connectivity index (χ3n) is 7.36. The van der Waals surface area contributed by atoms with E-state index < -0.39 is 5.97 Å². The molecule has 0 aliphatic heterocycles. The second kappa shape index (κ2) is 13.4. The minimum absolute atomic E-state index is 0.823. The van der Waals surface area contributed by atoms with E-state index in [9.17, 15) is 4.79 Å². The van der Waals surface area contributed by atoms with Crippen molar-refractivity contribution in [1.29, 1.82) is 0 Å². The topological polar surface area (TPSA) is 37.3 Å². The fourth-order valence-electron chi connectivity index (χ4n) is 5.55. The van der Waals surface area contributed by atoms with Crippen LogP contribution in [0, 0.1) is 23.7 Å². The van der Waals surface area contributed by atoms with Gasteiger partial charge in [-0.3, -0.25) is 0 Å². The first-order valence-corrected chi connectivity index (χ1v) is 12.1. The Labute approximate surface area is 168 Å². The minimum atomic E-state index is -0.823. The Balaban J connectivity index is 1.45. The average molecular weight is 377 g/mol. The fourth-order valence-corrected chi connectivity index (χ4v) is 5.55. The van der Waals surface area contributed by atoms with Crippen molar-refractivity contribution in [3.05, 3.63) is 12.2 Å². The van der Waals surface area contributed by atoms with E-state index >= 15 is 0 Å². The summed E-state index contributed by atoms with van der Waals surface area (Å²) in [6.07, 6.45) is 26.9. The standard InChI is InChI=1S/C25H44O2/c1-2-8-21-11-15-23(16-12-21)19-20-24-17-13-22(14-18-24)9-6-4-3-5-7-10-25(26)27/h7,10,21-24H,2-6,8-9,11-20H2,1H3,(H,26,27)/b10-7+. The molecule has 2 aliphatic rings. The Morgan fingerprint density at radius 3 is 1.70 bits per heavy atom. The predicted molar refractivity (Wildman–Crippen MR) is 115 cm³/mol. The van der Waals surface area contributed by atoms with Crippen LogP contribution in [0.15, 0.2) is 12.2 Å². The third-order valence-corrected chi connectivity index (χ3v) is 7.36. The van der Waals surface area contributed by atoms with Crippen molar-refractivity contribution in [3.8, 4) is 0 Å². The maximum atomic E-state index is 10.4. The van der Waals surface area contributed by atoms with E-state index in [2.05, 4.69) is 6.92 Å². The smallest absolute Gasteiger partial charge is 0.327 e. The number of carboxylic acid groups (broad SMARTS) is 1. The van der Waals surface area contributed by atoms with Gasteiger partial charge in [-0.05, 0) is 36.5 Å². The van der Waals surface area contributed by atoms with Crippen LogP contribution in [0.1, 0.15) is 116 Å². The molecular formula is C25H44O2. The highest BCUT2D eigenvalue weighted by Crippen LogP contribution is 2.38. The van der Waals surface area contributed by atoms with Crippen LogP contribution in [0.3, 0.4) is 0 Å². The molecule has 0 heterocycles. The monoisotopic (exact) mass is 376 g/mol. The molecule has 2 nitrogen and oxygen atoms in total. The molecule has 0 saturated heterocycles. The Morgan fingerprint density at radius 2 is 1.22 bits per heavy atom. The summed E-state index contributed by atoms with van der Waals surface area (Å²) in [6, 6.07) is 0. The number of rotatable bonds is 12. The molecule has 2 aliphatic carbocycles. The van der Waals surface area contributed by atoms with E-state index in [1.54, 1.807) is 6.08 Å². The highest BCUT2D eigenvalue weighted by Gasteiger charge is 2.24. The Morgan fingerprint density at radius 1 is 0.741 bits per heavy atom. The molecule has 0 unspecified atom stereocenters. The van der Waals surface area contributed by atoms with Gasteiger partial charge in [0.05, 0.1) is 0 Å². The van der Waals surface area contributed by atoms with Gasteiger partial charge in [0, 0.05) is 6.08 Å². The van der Waals surface area contributed by atoms with E-state index in [0.717, 1.165) is 36.5 Å². The molecule has 1 N–H and O–H groups in total. The quantitative estimate of drug-likeness (QED) is 0.279. The number of unbranched alkanes of at least 4 members (excludes halogenated alkanes) is 3. The number of hydrogen-bond donors (Lipinski definition) is 1. The maximum absolute atomic E-state index is 10.4. The van der Waals surface area contributed by atoms with Crippen LogP contribution in [0.4, 0.5) is 0 Å². The summed E-state index contributed by atoms with van der Waals surface area (Å²) in [5.74, 6) is 3.27. The van der Waals surface area contributed by atoms with Gasteiger partial charge in [-0.15, -0.1) is 0 Å². The zero-order valence-corrected chi connectivity index (χ0v) is 17.8. The van der Waals surface area contributed by atoms with Crippen molar-refractivity contribution < 1.29 is 9.90 Å². The summed E-state index contributed by atoms with van der Waals surface area (Å²) in [5, 5.41) is 8.56. The molecule has 0 aromatic heterocycles. The lowest BCUT2D eigenvalue weighted by atomic mass is 9.74. The molecule has 2 saturated carbocycles. The van der Waals surface area contributed by atoms with E-state index in [-0.39, 0.29) is 0 Å². The summed E-state index contributed by atoms with van der Waals surface area (Å²) in [5.41, 5.74) is 0. The van der Waals surface area contributed by atoms with E-state index in [1.165, 1.54) is 102 Å². The van der Waals surface area contributed by atoms with E-state index in [0.29, 0.717) is 0 Å². The number of hydrogen-bond acceptors (Lipinski definition) is 1. The van der Waals surface area contributed by atoms with Crippen LogP contribution in [-0.2, 0) is 4.79 Å². The number of carboxylic acids is 1. The Kier molecular flexibility index (Phi) is 11.2. The SMILES string of the molecule is CCCC1CCC(CCC2CCC(CCCCC/C=C/C(=O)O)CC2)CC1. The van der Waals surface area contributed by atoms with Crippen molar-refractivity contribution in [2.45, 2.75) is 116 Å². The van der Waals surface area contributed by atoms with Gasteiger partial charge in [0.1, 0.15) is 0 Å². The van der Waals surface area contributed by atoms with Gasteiger partial charge in [-0.25, -0.2) is 4.79 Å². The lowest BCUT2D eigenvalue weighted by Gasteiger charge is -2.32. The highest BCUT2D eigenvalue weighted by molar-refractivity contribution is 5.79. The van der Waals surface area contributed by atoms with Gasteiger partial charge in [-0.2, -0.15) is 0 Å². The summed E-state index contributed by atoms with van der Waals surface area (Å²) in [7, 11) is 0. The molecule has 0 amide bonds. The molecule has 0 radical (unpaired) electrons. The molecule has 0 spiro atoms. The summed E-state index contributed by atoms with van der Waals surface area (Å²) in [6.45, 7) is 2.34. The van der Waals surface area contributed by atoms with E-state index in [4.69, 9.17) is 5.11 Å². The summed E-state index contributed by atoms with van der Waals surface area (Å²) < 4.78 is 0. The number of carbonyl (C=O) groups is 1. The van der Waals surface area contributed by atoms with Gasteiger partial charge in [-0.1, -0.05) is 109 Å². The maximum Gasteiger partial charge on any atom is 0.327 e. The second-order valence-electron chi connectivity index (χ2n) is 9.52. The van der Waals surface area contributed by atoms with Crippen LogP contribution in [0.25, 0.3) is 0 Å². The first-order valence-electron chi connectivity index (χ1n) is 12.1. The van der Waals surface area contributed by atoms with Crippen LogP contribution in [0.5, 0.6) is 0 Å². The van der Waals surface area contributed by atoms with Gasteiger partial charge in [0.2, 0.25) is 0 Å². The van der Waals surface area contributed by atoms with E-state index in [1.807, 2.05) is 0 Å². The van der Waals surface area contributed by atoms with Gasteiger partial charge < -0.3 is 5.11 Å². The normalized spacial score (nSPS) is 29.2. The number of aliphatic carboxylic acids is 1. The first-order chi connectivity index (χ1) is 13.2. The number of allylic oxidation sites excluding steroid dienone is 1. The Hall–Kier alpha value is -0.790. The van der Waals surface area contributed by atoms with Crippen molar-refractivity contribution in [3.63, 3.8) is 0 Å². The zero-order chi connectivity index (χ0) is 19.3. The molecule has 0 atom stereocenters. The molecular weight excluding hydrogens is 332 g/mol. The molecule has 0 aromatic rings. The van der Waals surface area contributed by atoms with Crippen molar-refractivity contribution in [1.82, 2.24) is 0 Å². The van der Waals surface area contributed by atoms with Crippen molar-refractivity contribution >= 4 is 5.97 Å². The van der Waals surface area contributed by atoms with Crippen LogP contribution >= 0.6 is 0 Å².